The zero-order valence-electron chi connectivity index (χ0n) is 8.82. The van der Waals surface area contributed by atoms with E-state index >= 15 is 0 Å². The van der Waals surface area contributed by atoms with Crippen molar-refractivity contribution < 1.29 is 0 Å². The first kappa shape index (κ1) is 8.59. The second kappa shape index (κ2) is 2.49. The van der Waals surface area contributed by atoms with E-state index in [9.17, 15) is 0 Å². The maximum Gasteiger partial charge on any atom is -0.0295 e. The predicted octanol–water partition coefficient (Wildman–Crippen LogP) is 4.00. The molecule has 0 aromatic rings. The van der Waals surface area contributed by atoms with Crippen LogP contribution in [-0.4, -0.2) is 0 Å². The molecule has 0 bridgehead atoms. The normalized spacial score (nSPS) is 33.8. The first-order valence-corrected chi connectivity index (χ1v) is 5.52. The average molecular weight is 166 g/mol. The van der Waals surface area contributed by atoms with E-state index in [1.165, 1.54) is 25.7 Å². The van der Waals surface area contributed by atoms with Gasteiger partial charge in [0.25, 0.3) is 0 Å². The van der Waals surface area contributed by atoms with Crippen molar-refractivity contribution in [2.24, 2.45) is 16.7 Å². The highest BCUT2D eigenvalue weighted by molar-refractivity contribution is 4.97. The summed E-state index contributed by atoms with van der Waals surface area (Å²) in [5.74, 6) is 1.01. The zero-order valence-corrected chi connectivity index (χ0v) is 8.82. The Morgan fingerprint density at radius 1 is 1.08 bits per heavy atom. The molecule has 0 aliphatic heterocycles. The molecule has 2 aliphatic carbocycles. The first-order valence-electron chi connectivity index (χ1n) is 5.52. The molecule has 1 atom stereocenters. The van der Waals surface area contributed by atoms with Crippen molar-refractivity contribution in [1.29, 1.82) is 0 Å². The van der Waals surface area contributed by atoms with Gasteiger partial charge in [-0.05, 0) is 48.9 Å². The number of hydrogen-bond donors (Lipinski definition) is 0. The van der Waals surface area contributed by atoms with E-state index in [-0.39, 0.29) is 0 Å². The fraction of sp³-hybridized carbons (Fsp3) is 1.00. The van der Waals surface area contributed by atoms with Crippen LogP contribution in [0.25, 0.3) is 0 Å². The lowest BCUT2D eigenvalue weighted by atomic mass is 9.66. The van der Waals surface area contributed by atoms with Crippen LogP contribution in [0.2, 0.25) is 0 Å². The van der Waals surface area contributed by atoms with Crippen LogP contribution in [0.3, 0.4) is 0 Å². The minimum Gasteiger partial charge on any atom is -0.0599 e. The SMILES string of the molecule is CC(C)(C)[C@@H]1CCC2(CCC2)C1. The summed E-state index contributed by atoms with van der Waals surface area (Å²) in [6, 6.07) is 0. The highest BCUT2D eigenvalue weighted by Gasteiger charge is 2.46. The highest BCUT2D eigenvalue weighted by Crippen LogP contribution is 2.58. The van der Waals surface area contributed by atoms with Crippen LogP contribution in [0.15, 0.2) is 0 Å². The standard InChI is InChI=1S/C12H22/c1-11(2,3)10-5-8-12(9-10)6-4-7-12/h10H,4-9H2,1-3H3/t10-/m1/s1. The molecule has 0 aromatic heterocycles. The minimum absolute atomic E-state index is 0.569. The van der Waals surface area contributed by atoms with E-state index in [1.54, 1.807) is 12.8 Å². The molecule has 2 saturated carbocycles. The lowest BCUT2D eigenvalue weighted by Gasteiger charge is -2.40. The Morgan fingerprint density at radius 3 is 2.00 bits per heavy atom. The molecule has 0 N–H and O–H groups in total. The quantitative estimate of drug-likeness (QED) is 0.510. The molecule has 2 aliphatic rings. The van der Waals surface area contributed by atoms with E-state index in [0.717, 1.165) is 11.3 Å². The molecular formula is C12H22. The molecular weight excluding hydrogens is 144 g/mol. The molecule has 2 rings (SSSR count). The van der Waals surface area contributed by atoms with Gasteiger partial charge in [0.1, 0.15) is 0 Å². The van der Waals surface area contributed by atoms with Gasteiger partial charge >= 0.3 is 0 Å². The van der Waals surface area contributed by atoms with Crippen molar-refractivity contribution in [3.63, 3.8) is 0 Å². The Balaban J connectivity index is 1.98. The van der Waals surface area contributed by atoms with Crippen molar-refractivity contribution in [3.8, 4) is 0 Å². The van der Waals surface area contributed by atoms with E-state index in [2.05, 4.69) is 20.8 Å². The van der Waals surface area contributed by atoms with Gasteiger partial charge in [-0.15, -0.1) is 0 Å². The van der Waals surface area contributed by atoms with Crippen LogP contribution in [-0.2, 0) is 0 Å². The topological polar surface area (TPSA) is 0 Å². The van der Waals surface area contributed by atoms with Gasteiger partial charge in [0, 0.05) is 0 Å². The van der Waals surface area contributed by atoms with Gasteiger partial charge in [0.2, 0.25) is 0 Å². The van der Waals surface area contributed by atoms with Crippen LogP contribution in [0, 0.1) is 16.7 Å². The molecule has 0 heteroatoms. The molecule has 0 nitrogen and oxygen atoms in total. The molecule has 0 radical (unpaired) electrons. The summed E-state index contributed by atoms with van der Waals surface area (Å²) in [5.41, 5.74) is 1.41. The van der Waals surface area contributed by atoms with Gasteiger partial charge in [-0.2, -0.15) is 0 Å². The smallest absolute Gasteiger partial charge is 0.0295 e. The largest absolute Gasteiger partial charge is 0.0599 e. The van der Waals surface area contributed by atoms with Gasteiger partial charge in [0.15, 0.2) is 0 Å². The molecule has 0 heterocycles. The predicted molar refractivity (Wildman–Crippen MR) is 53.1 cm³/mol. The van der Waals surface area contributed by atoms with E-state index in [4.69, 9.17) is 0 Å². The maximum atomic E-state index is 2.41. The van der Waals surface area contributed by atoms with E-state index in [1.807, 2.05) is 0 Å². The van der Waals surface area contributed by atoms with Crippen molar-refractivity contribution in [3.05, 3.63) is 0 Å². The molecule has 12 heavy (non-hydrogen) atoms. The van der Waals surface area contributed by atoms with Crippen LogP contribution < -0.4 is 0 Å². The summed E-state index contributed by atoms with van der Waals surface area (Å²) in [5, 5.41) is 0. The second-order valence-electron chi connectivity index (χ2n) is 6.16. The lowest BCUT2D eigenvalue weighted by molar-refractivity contribution is 0.119. The Hall–Kier alpha value is 0. The van der Waals surface area contributed by atoms with Crippen molar-refractivity contribution >= 4 is 0 Å². The summed E-state index contributed by atoms with van der Waals surface area (Å²) < 4.78 is 0. The highest BCUT2D eigenvalue weighted by atomic mass is 14.5. The average Bonchev–Trinajstić information content (AvgIpc) is 2.26. The van der Waals surface area contributed by atoms with E-state index in [0.29, 0.717) is 5.41 Å². The maximum absolute atomic E-state index is 2.41. The summed E-state index contributed by atoms with van der Waals surface area (Å²) in [6.07, 6.45) is 9.17. The molecule has 1 spiro atoms. The van der Waals surface area contributed by atoms with Gasteiger partial charge in [-0.1, -0.05) is 27.2 Å². The monoisotopic (exact) mass is 166 g/mol. The van der Waals surface area contributed by atoms with Crippen LogP contribution in [0.5, 0.6) is 0 Å². The first-order chi connectivity index (χ1) is 5.52. The Bertz CT molecular complexity index is 169. The Morgan fingerprint density at radius 2 is 1.75 bits per heavy atom. The fourth-order valence-electron chi connectivity index (χ4n) is 3.08. The van der Waals surface area contributed by atoms with Gasteiger partial charge in [0.05, 0.1) is 0 Å². The van der Waals surface area contributed by atoms with Crippen molar-refractivity contribution in [2.45, 2.75) is 59.3 Å². The third-order valence-electron chi connectivity index (χ3n) is 4.34. The molecule has 70 valence electrons. The van der Waals surface area contributed by atoms with Gasteiger partial charge in [-0.25, -0.2) is 0 Å². The molecule has 0 aromatic carbocycles. The molecule has 0 saturated heterocycles. The molecule has 0 amide bonds. The van der Waals surface area contributed by atoms with Crippen LogP contribution >= 0.6 is 0 Å². The van der Waals surface area contributed by atoms with Gasteiger partial charge in [-0.3, -0.25) is 0 Å². The fourth-order valence-corrected chi connectivity index (χ4v) is 3.08. The van der Waals surface area contributed by atoms with Crippen molar-refractivity contribution in [1.82, 2.24) is 0 Å². The zero-order chi connectivity index (χ0) is 8.82. The minimum atomic E-state index is 0.569. The third-order valence-corrected chi connectivity index (χ3v) is 4.34. The third kappa shape index (κ3) is 1.30. The van der Waals surface area contributed by atoms with Crippen LogP contribution in [0.1, 0.15) is 59.3 Å². The Kier molecular flexibility index (Phi) is 1.79. The lowest BCUT2D eigenvalue weighted by Crippen LogP contribution is -2.27. The second-order valence-corrected chi connectivity index (χ2v) is 6.16. The summed E-state index contributed by atoms with van der Waals surface area (Å²) in [4.78, 5) is 0. The van der Waals surface area contributed by atoms with Gasteiger partial charge < -0.3 is 0 Å². The Labute approximate surface area is 76.7 Å². The summed E-state index contributed by atoms with van der Waals surface area (Å²) >= 11 is 0. The summed E-state index contributed by atoms with van der Waals surface area (Å²) in [6.45, 7) is 7.24. The number of rotatable bonds is 0. The number of hydrogen-bond acceptors (Lipinski definition) is 0. The van der Waals surface area contributed by atoms with Crippen molar-refractivity contribution in [2.75, 3.05) is 0 Å². The molecule has 2 fully saturated rings. The molecule has 0 unspecified atom stereocenters. The summed E-state index contributed by atoms with van der Waals surface area (Å²) in [7, 11) is 0. The van der Waals surface area contributed by atoms with E-state index < -0.39 is 0 Å². The van der Waals surface area contributed by atoms with Crippen LogP contribution in [0.4, 0.5) is 0 Å².